The van der Waals surface area contributed by atoms with E-state index in [1.807, 2.05) is 6.07 Å². The second-order valence-electron chi connectivity index (χ2n) is 11.9. The number of carbonyl (C=O) groups is 3. The molecule has 0 unspecified atom stereocenters. The highest BCUT2D eigenvalue weighted by Crippen LogP contribution is 2.47. The molecule has 3 aromatic rings. The molecule has 0 radical (unpaired) electrons. The Kier molecular flexibility index (Phi) is 8.05. The maximum absolute atomic E-state index is 14.5. The largest absolute Gasteiger partial charge is 0.385 e. The molecule has 2 atom stereocenters. The van der Waals surface area contributed by atoms with Gasteiger partial charge in [-0.25, -0.2) is 13.8 Å². The molecule has 1 aromatic heterocycles. The van der Waals surface area contributed by atoms with E-state index in [1.165, 1.54) is 28.1 Å². The molecule has 0 bridgehead atoms. The third-order valence-electron chi connectivity index (χ3n) is 8.65. The topological polar surface area (TPSA) is 127 Å². The molecule has 2 aromatic carbocycles. The molecular weight excluding hydrogens is 604 g/mol. The zero-order valence-electron chi connectivity index (χ0n) is 24.1. The average Bonchev–Trinajstić information content (AvgIpc) is 3.66. The number of pyridine rings is 1. The van der Waals surface area contributed by atoms with Gasteiger partial charge in [-0.3, -0.25) is 24.2 Å². The number of aliphatic hydroxyl groups is 1. The Hall–Kier alpha value is -4.40. The average molecular weight is 634 g/mol. The van der Waals surface area contributed by atoms with Gasteiger partial charge in [-0.15, -0.1) is 0 Å². The number of halogens is 3. The van der Waals surface area contributed by atoms with Crippen molar-refractivity contribution in [2.75, 3.05) is 9.80 Å². The predicted octanol–water partition coefficient (Wildman–Crippen LogP) is 5.16. The number of rotatable bonds is 9. The van der Waals surface area contributed by atoms with Gasteiger partial charge in [0.25, 0.3) is 5.92 Å². The van der Waals surface area contributed by atoms with Crippen LogP contribution in [0.1, 0.15) is 67.7 Å². The number of anilines is 2. The normalized spacial score (nSPS) is 20.6. The first-order valence-electron chi connectivity index (χ1n) is 14.7. The summed E-state index contributed by atoms with van der Waals surface area (Å²) in [7, 11) is 0. The van der Waals surface area contributed by atoms with Gasteiger partial charge in [-0.1, -0.05) is 41.9 Å². The van der Waals surface area contributed by atoms with E-state index in [4.69, 9.17) is 11.6 Å². The number of nitrogens with zero attached hydrogens (tertiary/aromatic N) is 4. The SMILES string of the molecule is N#Cc1ccnc(N2C(=O)CC[C@H]2CC(=O)N(c2cccc(C3(O)CC3)c2)[C@H](C(=O)NC2CC(F)(F)C2)c2ccccc2Cl)c1. The summed E-state index contributed by atoms with van der Waals surface area (Å²) in [5, 5.41) is 23.1. The molecule has 1 saturated heterocycles. The number of hydrogen-bond acceptors (Lipinski definition) is 6. The quantitative estimate of drug-likeness (QED) is 0.335. The Balaban J connectivity index is 1.40. The minimum atomic E-state index is -2.88. The molecule has 3 fully saturated rings. The minimum absolute atomic E-state index is 0.156. The third-order valence-corrected chi connectivity index (χ3v) is 9.00. The van der Waals surface area contributed by atoms with Gasteiger partial charge in [0.05, 0.1) is 17.2 Å². The van der Waals surface area contributed by atoms with E-state index in [0.29, 0.717) is 36.1 Å². The van der Waals surface area contributed by atoms with Crippen molar-refractivity contribution >= 4 is 40.8 Å². The predicted molar refractivity (Wildman–Crippen MR) is 161 cm³/mol. The van der Waals surface area contributed by atoms with Crippen LogP contribution in [-0.4, -0.2) is 45.8 Å². The van der Waals surface area contributed by atoms with Crippen molar-refractivity contribution in [2.45, 2.75) is 74.6 Å². The van der Waals surface area contributed by atoms with Crippen molar-refractivity contribution in [3.8, 4) is 6.07 Å². The van der Waals surface area contributed by atoms with Gasteiger partial charge >= 0.3 is 0 Å². The fourth-order valence-electron chi connectivity index (χ4n) is 6.10. The molecule has 1 aliphatic heterocycles. The van der Waals surface area contributed by atoms with Crippen molar-refractivity contribution in [1.82, 2.24) is 10.3 Å². The number of nitrogens with one attached hydrogen (secondary N) is 1. The summed E-state index contributed by atoms with van der Waals surface area (Å²) in [5.41, 5.74) is 0.422. The van der Waals surface area contributed by atoms with E-state index < -0.39 is 54.3 Å². The second kappa shape index (κ2) is 11.8. The van der Waals surface area contributed by atoms with E-state index in [-0.39, 0.29) is 35.2 Å². The molecule has 232 valence electrons. The first-order valence-corrected chi connectivity index (χ1v) is 15.1. The standard InChI is InChI=1S/C33H30ClF2N5O4/c34-26-7-2-1-6-25(26)30(31(44)39-22-17-33(35,36)18-22)41(23-5-3-4-21(15-23)32(45)11-12-32)29(43)16-24-8-9-28(42)40(24)27-14-20(19-37)10-13-38-27/h1-7,10,13-15,22,24,30,45H,8-9,11-12,16-18H2,(H,39,44)/t24-,30-/m0/s1. The number of hydrogen-bond donors (Lipinski definition) is 2. The zero-order chi connectivity index (χ0) is 31.9. The van der Waals surface area contributed by atoms with Gasteiger partial charge in [-0.05, 0) is 55.2 Å². The van der Waals surface area contributed by atoms with Crippen LogP contribution < -0.4 is 15.1 Å². The van der Waals surface area contributed by atoms with Crippen molar-refractivity contribution < 1.29 is 28.3 Å². The first kappa shape index (κ1) is 30.6. The van der Waals surface area contributed by atoms with Gasteiger partial charge in [0.1, 0.15) is 11.9 Å². The fourth-order valence-corrected chi connectivity index (χ4v) is 6.34. The highest BCUT2D eigenvalue weighted by Gasteiger charge is 2.48. The lowest BCUT2D eigenvalue weighted by Crippen LogP contribution is -2.54. The Morgan fingerprint density at radius 1 is 1.16 bits per heavy atom. The molecule has 6 rings (SSSR count). The lowest BCUT2D eigenvalue weighted by molar-refractivity contribution is -0.133. The number of nitriles is 1. The van der Waals surface area contributed by atoms with Gasteiger partial charge in [0, 0.05) is 60.2 Å². The van der Waals surface area contributed by atoms with Crippen LogP contribution in [0.5, 0.6) is 0 Å². The fraction of sp³-hybridized carbons (Fsp3) is 0.364. The number of alkyl halides is 2. The Morgan fingerprint density at radius 3 is 2.60 bits per heavy atom. The van der Waals surface area contributed by atoms with E-state index in [1.54, 1.807) is 48.5 Å². The summed E-state index contributed by atoms with van der Waals surface area (Å²) in [5.74, 6) is -4.11. The van der Waals surface area contributed by atoms with Crippen LogP contribution in [0.25, 0.3) is 0 Å². The molecule has 3 aliphatic rings. The van der Waals surface area contributed by atoms with Crippen LogP contribution >= 0.6 is 11.6 Å². The number of aromatic nitrogens is 1. The number of benzene rings is 2. The van der Waals surface area contributed by atoms with Crippen molar-refractivity contribution in [2.24, 2.45) is 0 Å². The van der Waals surface area contributed by atoms with Crippen LogP contribution in [0.3, 0.4) is 0 Å². The summed E-state index contributed by atoms with van der Waals surface area (Å²) in [4.78, 5) is 48.5. The van der Waals surface area contributed by atoms with Crippen LogP contribution in [0.2, 0.25) is 5.02 Å². The molecule has 2 aliphatic carbocycles. The van der Waals surface area contributed by atoms with E-state index in [2.05, 4.69) is 10.3 Å². The summed E-state index contributed by atoms with van der Waals surface area (Å²) < 4.78 is 27.4. The Morgan fingerprint density at radius 2 is 1.91 bits per heavy atom. The minimum Gasteiger partial charge on any atom is -0.385 e. The molecule has 2 heterocycles. The second-order valence-corrected chi connectivity index (χ2v) is 12.3. The molecule has 3 amide bonds. The van der Waals surface area contributed by atoms with Crippen molar-refractivity contribution in [3.63, 3.8) is 0 Å². The van der Waals surface area contributed by atoms with Crippen LogP contribution in [0, 0.1) is 11.3 Å². The van der Waals surface area contributed by atoms with E-state index >= 15 is 0 Å². The smallest absolute Gasteiger partial charge is 0.252 e. The molecule has 2 saturated carbocycles. The summed E-state index contributed by atoms with van der Waals surface area (Å²) >= 11 is 6.60. The van der Waals surface area contributed by atoms with Crippen LogP contribution in [-0.2, 0) is 20.0 Å². The first-order chi connectivity index (χ1) is 21.5. The van der Waals surface area contributed by atoms with Gasteiger partial charge < -0.3 is 10.4 Å². The summed E-state index contributed by atoms with van der Waals surface area (Å²) in [6.45, 7) is 0. The van der Waals surface area contributed by atoms with Crippen molar-refractivity contribution in [3.05, 3.63) is 88.6 Å². The Labute approximate surface area is 263 Å². The Bertz CT molecular complexity index is 1700. The number of carbonyl (C=O) groups excluding carboxylic acids is 3. The lowest BCUT2D eigenvalue weighted by atomic mass is 9.87. The molecular formula is C33H30ClF2N5O4. The molecule has 2 N–H and O–H groups in total. The van der Waals surface area contributed by atoms with Crippen LogP contribution in [0.4, 0.5) is 20.3 Å². The van der Waals surface area contributed by atoms with E-state index in [0.717, 1.165) is 0 Å². The lowest BCUT2D eigenvalue weighted by Gasteiger charge is -2.38. The summed E-state index contributed by atoms with van der Waals surface area (Å²) in [6, 6.07) is 15.5. The zero-order valence-corrected chi connectivity index (χ0v) is 24.9. The monoisotopic (exact) mass is 633 g/mol. The highest BCUT2D eigenvalue weighted by molar-refractivity contribution is 6.31. The molecule has 9 nitrogen and oxygen atoms in total. The van der Waals surface area contributed by atoms with Gasteiger partial charge in [0.2, 0.25) is 17.7 Å². The van der Waals surface area contributed by atoms with Crippen LogP contribution in [0.15, 0.2) is 66.9 Å². The molecule has 12 heteroatoms. The number of amides is 3. The summed E-state index contributed by atoms with van der Waals surface area (Å²) in [6.07, 6.45) is 1.75. The molecule has 45 heavy (non-hydrogen) atoms. The van der Waals surface area contributed by atoms with Gasteiger partial charge in [-0.2, -0.15) is 5.26 Å². The third kappa shape index (κ3) is 6.26. The molecule has 0 spiro atoms. The van der Waals surface area contributed by atoms with Crippen molar-refractivity contribution in [1.29, 1.82) is 5.26 Å². The highest BCUT2D eigenvalue weighted by atomic mass is 35.5. The maximum atomic E-state index is 14.5. The maximum Gasteiger partial charge on any atom is 0.252 e. The van der Waals surface area contributed by atoms with Gasteiger partial charge in [0.15, 0.2) is 0 Å². The van der Waals surface area contributed by atoms with E-state index in [9.17, 15) is 33.5 Å².